The molecular weight excluding hydrogens is 487 g/mol. The predicted octanol–water partition coefficient (Wildman–Crippen LogP) is 6.75. The summed E-state index contributed by atoms with van der Waals surface area (Å²) in [5.41, 5.74) is 3.74. The maximum absolute atomic E-state index is 14.8. The van der Waals surface area contributed by atoms with Crippen LogP contribution in [0.3, 0.4) is 0 Å². The van der Waals surface area contributed by atoms with Crippen molar-refractivity contribution in [2.45, 2.75) is 89.8 Å². The molecule has 0 radical (unpaired) electrons. The molecule has 206 valence electrons. The van der Waals surface area contributed by atoms with Crippen molar-refractivity contribution in [1.82, 2.24) is 10.2 Å². The highest BCUT2D eigenvalue weighted by atomic mass is 19.1. The van der Waals surface area contributed by atoms with Crippen LogP contribution < -0.4 is 5.32 Å². The molecule has 1 aliphatic rings. The maximum atomic E-state index is 14.8. The van der Waals surface area contributed by atoms with Crippen molar-refractivity contribution in [3.63, 3.8) is 0 Å². The zero-order chi connectivity index (χ0) is 27.8. The maximum Gasteiger partial charge on any atom is 0.243 e. The minimum Gasteiger partial charge on any atom is -0.352 e. The topological polar surface area (TPSA) is 49.4 Å². The number of hydrogen-bond acceptors (Lipinski definition) is 2. The average Bonchev–Trinajstić information content (AvgIpc) is 3.43. The minimum atomic E-state index is -0.733. The lowest BCUT2D eigenvalue weighted by Gasteiger charge is -2.32. The van der Waals surface area contributed by atoms with Crippen LogP contribution in [0.5, 0.6) is 0 Å². The van der Waals surface area contributed by atoms with Gasteiger partial charge in [-0.05, 0) is 47.4 Å². The largest absolute Gasteiger partial charge is 0.352 e. The van der Waals surface area contributed by atoms with Crippen LogP contribution in [-0.2, 0) is 34.4 Å². The highest BCUT2D eigenvalue weighted by Gasteiger charge is 2.32. The smallest absolute Gasteiger partial charge is 0.243 e. The fourth-order valence-electron chi connectivity index (χ4n) is 5.30. The second-order valence-corrected chi connectivity index (χ2v) is 11.8. The third kappa shape index (κ3) is 8.01. The van der Waals surface area contributed by atoms with Gasteiger partial charge in [0, 0.05) is 31.0 Å². The van der Waals surface area contributed by atoms with E-state index in [1.807, 2.05) is 30.3 Å². The molecule has 4 rings (SSSR count). The number of rotatable bonds is 10. The van der Waals surface area contributed by atoms with Crippen molar-refractivity contribution in [2.75, 3.05) is 0 Å². The van der Waals surface area contributed by atoms with Gasteiger partial charge in [0.1, 0.15) is 11.9 Å². The fraction of sp³-hybridized carbons (Fsp3) is 0.412. The molecule has 39 heavy (non-hydrogen) atoms. The number of carbonyl (C=O) groups is 2. The van der Waals surface area contributed by atoms with Crippen LogP contribution in [0.15, 0.2) is 78.9 Å². The van der Waals surface area contributed by atoms with Crippen LogP contribution in [0.2, 0.25) is 0 Å². The predicted molar refractivity (Wildman–Crippen MR) is 155 cm³/mol. The summed E-state index contributed by atoms with van der Waals surface area (Å²) in [6.45, 7) is 6.57. The Labute approximate surface area is 232 Å². The number of halogens is 1. The monoisotopic (exact) mass is 528 g/mol. The zero-order valence-electron chi connectivity index (χ0n) is 23.5. The lowest BCUT2D eigenvalue weighted by Crippen LogP contribution is -2.52. The molecule has 1 fully saturated rings. The molecule has 0 saturated heterocycles. The molecule has 0 spiro atoms. The van der Waals surface area contributed by atoms with E-state index < -0.39 is 6.04 Å². The first-order valence-corrected chi connectivity index (χ1v) is 14.2. The van der Waals surface area contributed by atoms with Gasteiger partial charge in [-0.3, -0.25) is 9.59 Å². The lowest BCUT2D eigenvalue weighted by atomic mass is 9.86. The van der Waals surface area contributed by atoms with Gasteiger partial charge < -0.3 is 10.2 Å². The van der Waals surface area contributed by atoms with Crippen molar-refractivity contribution in [1.29, 1.82) is 0 Å². The molecule has 1 atom stereocenters. The van der Waals surface area contributed by atoms with Crippen LogP contribution in [0, 0.1) is 5.82 Å². The molecule has 3 aromatic carbocycles. The Morgan fingerprint density at radius 3 is 2.18 bits per heavy atom. The normalized spacial score (nSPS) is 14.7. The first kappa shape index (κ1) is 28.5. The number of nitrogens with zero attached hydrogens (tertiary/aromatic N) is 1. The van der Waals surface area contributed by atoms with Crippen molar-refractivity contribution < 1.29 is 14.0 Å². The summed E-state index contributed by atoms with van der Waals surface area (Å²) in [5.74, 6) is -0.687. The summed E-state index contributed by atoms with van der Waals surface area (Å²) in [4.78, 5) is 29.2. The van der Waals surface area contributed by atoms with E-state index in [-0.39, 0.29) is 42.1 Å². The first-order chi connectivity index (χ1) is 18.7. The Hall–Kier alpha value is -3.47. The van der Waals surface area contributed by atoms with Gasteiger partial charge in [0.2, 0.25) is 11.8 Å². The second kappa shape index (κ2) is 13.1. The summed E-state index contributed by atoms with van der Waals surface area (Å²) >= 11 is 0. The molecule has 0 aromatic heterocycles. The molecule has 3 aromatic rings. The van der Waals surface area contributed by atoms with Gasteiger partial charge in [0.15, 0.2) is 0 Å². The summed E-state index contributed by atoms with van der Waals surface area (Å²) in [7, 11) is 0. The summed E-state index contributed by atoms with van der Waals surface area (Å²) in [5, 5.41) is 3.20. The van der Waals surface area contributed by atoms with E-state index in [2.05, 4.69) is 50.4 Å². The highest BCUT2D eigenvalue weighted by molar-refractivity contribution is 5.88. The van der Waals surface area contributed by atoms with E-state index in [1.165, 1.54) is 11.6 Å². The molecule has 1 saturated carbocycles. The van der Waals surface area contributed by atoms with E-state index in [4.69, 9.17) is 0 Å². The van der Waals surface area contributed by atoms with Crippen LogP contribution in [0.1, 0.15) is 75.1 Å². The number of aryl methyl sites for hydroxylation is 1. The number of carbonyl (C=O) groups excluding carboxylic acids is 2. The van der Waals surface area contributed by atoms with Gasteiger partial charge in [0.25, 0.3) is 0 Å². The van der Waals surface area contributed by atoms with Crippen LogP contribution in [0.25, 0.3) is 0 Å². The number of amides is 2. The third-order valence-electron chi connectivity index (χ3n) is 7.72. The summed E-state index contributed by atoms with van der Waals surface area (Å²) in [6.07, 6.45) is 5.27. The van der Waals surface area contributed by atoms with Gasteiger partial charge in [-0.1, -0.05) is 106 Å². The van der Waals surface area contributed by atoms with E-state index in [9.17, 15) is 14.0 Å². The molecule has 0 heterocycles. The van der Waals surface area contributed by atoms with Gasteiger partial charge in [-0.25, -0.2) is 4.39 Å². The quantitative estimate of drug-likeness (QED) is 0.316. The molecule has 2 amide bonds. The molecule has 1 aliphatic carbocycles. The molecule has 0 aliphatic heterocycles. The number of hydrogen-bond donors (Lipinski definition) is 1. The lowest BCUT2D eigenvalue weighted by molar-refractivity contribution is -0.141. The van der Waals surface area contributed by atoms with E-state index in [1.54, 1.807) is 23.1 Å². The SMILES string of the molecule is CC(C)(C)c1ccc(CCC(=O)N(Cc2ccccc2F)C(Cc2ccccc2)C(=O)NC2CCCC2)cc1. The van der Waals surface area contributed by atoms with Crippen molar-refractivity contribution in [3.05, 3.63) is 107 Å². The van der Waals surface area contributed by atoms with Gasteiger partial charge >= 0.3 is 0 Å². The Balaban J connectivity index is 1.59. The Kier molecular flexibility index (Phi) is 9.55. The highest BCUT2D eigenvalue weighted by Crippen LogP contribution is 2.24. The van der Waals surface area contributed by atoms with E-state index in [0.717, 1.165) is 36.8 Å². The summed E-state index contributed by atoms with van der Waals surface area (Å²) in [6, 6.07) is 24.0. The second-order valence-electron chi connectivity index (χ2n) is 11.8. The van der Waals surface area contributed by atoms with Gasteiger partial charge in [-0.15, -0.1) is 0 Å². The summed E-state index contributed by atoms with van der Waals surface area (Å²) < 4.78 is 14.8. The Bertz CT molecular complexity index is 1230. The van der Waals surface area contributed by atoms with Crippen LogP contribution in [-0.4, -0.2) is 28.8 Å². The fourth-order valence-corrected chi connectivity index (χ4v) is 5.30. The standard InChI is InChI=1S/C34H41FN2O2/c1-34(2,3)28-20-17-25(18-21-28)19-22-32(38)37(24-27-13-7-10-16-30(27)35)31(23-26-11-5-4-6-12-26)33(39)36-29-14-8-9-15-29/h4-7,10-13,16-18,20-21,29,31H,8-9,14-15,19,22-24H2,1-3H3,(H,36,39). The Morgan fingerprint density at radius 1 is 0.897 bits per heavy atom. The van der Waals surface area contributed by atoms with Crippen LogP contribution in [0.4, 0.5) is 4.39 Å². The Morgan fingerprint density at radius 2 is 1.54 bits per heavy atom. The van der Waals surface area contributed by atoms with Gasteiger partial charge in [0.05, 0.1) is 0 Å². The van der Waals surface area contributed by atoms with Crippen molar-refractivity contribution in [3.8, 4) is 0 Å². The molecule has 1 unspecified atom stereocenters. The molecular formula is C34H41FN2O2. The molecule has 1 N–H and O–H groups in total. The van der Waals surface area contributed by atoms with E-state index in [0.29, 0.717) is 18.4 Å². The molecule has 5 heteroatoms. The van der Waals surface area contributed by atoms with Crippen molar-refractivity contribution >= 4 is 11.8 Å². The third-order valence-corrected chi connectivity index (χ3v) is 7.72. The number of benzene rings is 3. The minimum absolute atomic E-state index is 0.0457. The van der Waals surface area contributed by atoms with Crippen LogP contribution >= 0.6 is 0 Å². The van der Waals surface area contributed by atoms with E-state index >= 15 is 0 Å². The van der Waals surface area contributed by atoms with Crippen molar-refractivity contribution in [2.24, 2.45) is 0 Å². The molecule has 0 bridgehead atoms. The first-order valence-electron chi connectivity index (χ1n) is 14.2. The zero-order valence-corrected chi connectivity index (χ0v) is 23.5. The van der Waals surface area contributed by atoms with Gasteiger partial charge in [-0.2, -0.15) is 0 Å². The molecule has 4 nitrogen and oxygen atoms in total. The average molecular weight is 529 g/mol. The number of nitrogens with one attached hydrogen (secondary N) is 1.